The lowest BCUT2D eigenvalue weighted by molar-refractivity contribution is -0.144. The van der Waals surface area contributed by atoms with Crippen molar-refractivity contribution in [2.45, 2.75) is 78.6 Å². The van der Waals surface area contributed by atoms with Crippen molar-refractivity contribution in [2.24, 2.45) is 5.73 Å². The first-order chi connectivity index (χ1) is 18.1. The summed E-state index contributed by atoms with van der Waals surface area (Å²) >= 11 is 0. The summed E-state index contributed by atoms with van der Waals surface area (Å²) in [6.07, 6.45) is -1.35. The number of nitrogens with zero attached hydrogens (tertiary/aromatic N) is 1. The molecule has 4 N–H and O–H groups in total. The number of carbonyl (C=O) groups is 4. The largest absolute Gasteiger partial charge is 0.497 e. The van der Waals surface area contributed by atoms with Gasteiger partial charge in [-0.2, -0.15) is 0 Å². The Balaban J connectivity index is 2.58. The standard InChI is InChI=1S/C29H40N4O6/c1-17(2)33(27(36)22(16-23(30)34)32-28(37)39-29(5,6)7)25(24-18(3)10-9-11-19(24)4)26(35)31-20-12-14-21(38-8)15-13-20/h9-15,17,22,25H,16H2,1-8H3,(H2,30,34)(H,31,35)(H,32,37). The number of anilines is 1. The van der Waals surface area contributed by atoms with Crippen LogP contribution in [0.5, 0.6) is 5.75 Å². The van der Waals surface area contributed by atoms with Gasteiger partial charge in [0.05, 0.1) is 13.5 Å². The van der Waals surface area contributed by atoms with Crippen molar-refractivity contribution in [3.8, 4) is 5.75 Å². The van der Waals surface area contributed by atoms with Crippen LogP contribution in [0.1, 0.15) is 63.8 Å². The minimum absolute atomic E-state index is 0.463. The SMILES string of the molecule is COc1ccc(NC(=O)C(c2c(C)cccc2C)N(C(=O)C(CC(N)=O)NC(=O)OC(C)(C)C)C(C)C)cc1. The van der Waals surface area contributed by atoms with Crippen molar-refractivity contribution >= 4 is 29.5 Å². The highest BCUT2D eigenvalue weighted by Gasteiger charge is 2.39. The van der Waals surface area contributed by atoms with Crippen LogP contribution in [0.3, 0.4) is 0 Å². The first-order valence-corrected chi connectivity index (χ1v) is 12.8. The number of nitrogens with one attached hydrogen (secondary N) is 2. The molecule has 0 bridgehead atoms. The molecule has 0 aromatic heterocycles. The van der Waals surface area contributed by atoms with Gasteiger partial charge in [-0.3, -0.25) is 14.4 Å². The second-order valence-electron chi connectivity index (χ2n) is 10.6. The Morgan fingerprint density at radius 3 is 2.00 bits per heavy atom. The van der Waals surface area contributed by atoms with E-state index in [-0.39, 0.29) is 0 Å². The summed E-state index contributed by atoms with van der Waals surface area (Å²) in [6.45, 7) is 12.3. The fraction of sp³-hybridized carbons (Fsp3) is 0.448. The molecular formula is C29H40N4O6. The Morgan fingerprint density at radius 2 is 1.54 bits per heavy atom. The number of carbonyl (C=O) groups excluding carboxylic acids is 4. The highest BCUT2D eigenvalue weighted by molar-refractivity contribution is 6.00. The third kappa shape index (κ3) is 8.73. The predicted molar refractivity (Wildman–Crippen MR) is 149 cm³/mol. The van der Waals surface area contributed by atoms with Gasteiger partial charge in [0.15, 0.2) is 0 Å². The topological polar surface area (TPSA) is 140 Å². The molecule has 2 aromatic carbocycles. The maximum absolute atomic E-state index is 14.1. The number of methoxy groups -OCH3 is 1. The molecule has 0 aliphatic carbocycles. The lowest BCUT2D eigenvalue weighted by atomic mass is 9.92. The molecule has 2 rings (SSSR count). The zero-order valence-corrected chi connectivity index (χ0v) is 24.0. The zero-order chi connectivity index (χ0) is 29.5. The number of primary amides is 1. The number of hydrogen-bond donors (Lipinski definition) is 3. The van der Waals surface area contributed by atoms with E-state index in [0.29, 0.717) is 17.0 Å². The molecule has 0 saturated carbocycles. The summed E-state index contributed by atoms with van der Waals surface area (Å²) in [5, 5.41) is 5.37. The van der Waals surface area contributed by atoms with Crippen LogP contribution in [-0.2, 0) is 19.1 Å². The minimum Gasteiger partial charge on any atom is -0.497 e. The molecule has 0 spiro atoms. The van der Waals surface area contributed by atoms with Gasteiger partial charge in [-0.05, 0) is 89.4 Å². The van der Waals surface area contributed by atoms with Crippen molar-refractivity contribution in [3.05, 3.63) is 59.2 Å². The van der Waals surface area contributed by atoms with E-state index in [1.165, 1.54) is 4.90 Å². The Hall–Kier alpha value is -4.08. The molecule has 0 aliphatic heterocycles. The smallest absolute Gasteiger partial charge is 0.408 e. The Morgan fingerprint density at radius 1 is 0.974 bits per heavy atom. The first kappa shape index (κ1) is 31.1. The fourth-order valence-corrected chi connectivity index (χ4v) is 4.25. The zero-order valence-electron chi connectivity index (χ0n) is 24.0. The molecule has 0 saturated heterocycles. The average Bonchev–Trinajstić information content (AvgIpc) is 2.81. The van der Waals surface area contributed by atoms with Gasteiger partial charge in [0, 0.05) is 11.7 Å². The molecule has 2 unspecified atom stereocenters. The van der Waals surface area contributed by atoms with Gasteiger partial charge >= 0.3 is 6.09 Å². The van der Waals surface area contributed by atoms with Gasteiger partial charge in [0.25, 0.3) is 5.91 Å². The Labute approximate surface area is 230 Å². The average molecular weight is 541 g/mol. The van der Waals surface area contributed by atoms with Crippen molar-refractivity contribution in [2.75, 3.05) is 12.4 Å². The molecule has 2 atom stereocenters. The molecule has 212 valence electrons. The van der Waals surface area contributed by atoms with Crippen LogP contribution < -0.4 is 21.1 Å². The predicted octanol–water partition coefficient (Wildman–Crippen LogP) is 4.00. The van der Waals surface area contributed by atoms with Gasteiger partial charge in [-0.15, -0.1) is 0 Å². The van der Waals surface area contributed by atoms with E-state index in [1.807, 2.05) is 32.0 Å². The van der Waals surface area contributed by atoms with Crippen molar-refractivity contribution in [1.29, 1.82) is 0 Å². The molecule has 0 radical (unpaired) electrons. The van der Waals surface area contributed by atoms with Gasteiger partial charge in [0.1, 0.15) is 23.4 Å². The molecule has 39 heavy (non-hydrogen) atoms. The van der Waals surface area contributed by atoms with Crippen LogP contribution in [0.4, 0.5) is 10.5 Å². The monoisotopic (exact) mass is 540 g/mol. The van der Waals surface area contributed by atoms with Gasteiger partial charge < -0.3 is 30.7 Å². The fourth-order valence-electron chi connectivity index (χ4n) is 4.25. The number of aryl methyl sites for hydroxylation is 2. The Bertz CT molecular complexity index is 1170. The van der Waals surface area contributed by atoms with Gasteiger partial charge in [-0.25, -0.2) is 4.79 Å². The van der Waals surface area contributed by atoms with Crippen LogP contribution in [0, 0.1) is 13.8 Å². The summed E-state index contributed by atoms with van der Waals surface area (Å²) in [5.74, 6) is -1.28. The molecule has 10 heteroatoms. The summed E-state index contributed by atoms with van der Waals surface area (Å²) in [6, 6.07) is 9.47. The lowest BCUT2D eigenvalue weighted by Crippen LogP contribution is -2.55. The van der Waals surface area contributed by atoms with E-state index in [2.05, 4.69) is 10.6 Å². The van der Waals surface area contributed by atoms with E-state index in [4.69, 9.17) is 15.2 Å². The van der Waals surface area contributed by atoms with E-state index in [0.717, 1.165) is 11.1 Å². The minimum atomic E-state index is -1.35. The normalized spacial score (nSPS) is 12.7. The number of ether oxygens (including phenoxy) is 2. The number of benzene rings is 2. The number of rotatable bonds is 10. The van der Waals surface area contributed by atoms with Crippen LogP contribution in [0.2, 0.25) is 0 Å². The summed E-state index contributed by atoms with van der Waals surface area (Å²) in [5.41, 5.74) is 7.36. The number of amides is 4. The summed E-state index contributed by atoms with van der Waals surface area (Å²) in [4.78, 5) is 53.9. The van der Waals surface area contributed by atoms with E-state index in [9.17, 15) is 19.2 Å². The van der Waals surface area contributed by atoms with Crippen LogP contribution in [0.15, 0.2) is 42.5 Å². The number of hydrogen-bond acceptors (Lipinski definition) is 6. The summed E-state index contributed by atoms with van der Waals surface area (Å²) in [7, 11) is 1.55. The van der Waals surface area contributed by atoms with Crippen molar-refractivity contribution in [1.82, 2.24) is 10.2 Å². The molecular weight excluding hydrogens is 500 g/mol. The van der Waals surface area contributed by atoms with Gasteiger partial charge in [0.2, 0.25) is 11.8 Å². The molecule has 2 aromatic rings. The third-order valence-electron chi connectivity index (χ3n) is 5.90. The summed E-state index contributed by atoms with van der Waals surface area (Å²) < 4.78 is 10.5. The second-order valence-corrected chi connectivity index (χ2v) is 10.6. The van der Waals surface area contributed by atoms with E-state index in [1.54, 1.807) is 66.0 Å². The van der Waals surface area contributed by atoms with Gasteiger partial charge in [-0.1, -0.05) is 18.2 Å². The molecule has 0 heterocycles. The van der Waals surface area contributed by atoms with Crippen LogP contribution in [-0.4, -0.2) is 53.5 Å². The molecule has 0 fully saturated rings. The second kappa shape index (κ2) is 13.1. The molecule has 10 nitrogen and oxygen atoms in total. The molecule has 0 aliphatic rings. The van der Waals surface area contributed by atoms with E-state index >= 15 is 0 Å². The first-order valence-electron chi connectivity index (χ1n) is 12.8. The van der Waals surface area contributed by atoms with Crippen molar-refractivity contribution in [3.63, 3.8) is 0 Å². The molecule has 4 amide bonds. The number of nitrogens with two attached hydrogens (primary N) is 1. The van der Waals surface area contributed by atoms with Crippen LogP contribution >= 0.6 is 0 Å². The van der Waals surface area contributed by atoms with Crippen LogP contribution in [0.25, 0.3) is 0 Å². The Kier molecular flexibility index (Phi) is 10.5. The highest BCUT2D eigenvalue weighted by Crippen LogP contribution is 2.31. The maximum atomic E-state index is 14.1. The van der Waals surface area contributed by atoms with Crippen molar-refractivity contribution < 1.29 is 28.7 Å². The quantitative estimate of drug-likeness (QED) is 0.416. The highest BCUT2D eigenvalue weighted by atomic mass is 16.6. The maximum Gasteiger partial charge on any atom is 0.408 e. The van der Waals surface area contributed by atoms with E-state index < -0.39 is 54.0 Å². The number of alkyl carbamates (subject to hydrolysis) is 1. The third-order valence-corrected chi connectivity index (χ3v) is 5.90. The lowest BCUT2D eigenvalue weighted by Gasteiger charge is -2.38.